The standard InChI is InChI=1S/C14H15FN2O3/c1-2-17-10-7-8(15)3-4-9(10)16-13(17)11-5-6-12(20-11)14(18)19/h3-4,7,11-12H,2,5-6H2,1H3,(H,18,19). The molecule has 1 aliphatic heterocycles. The van der Waals surface area contributed by atoms with Gasteiger partial charge in [0.25, 0.3) is 0 Å². The summed E-state index contributed by atoms with van der Waals surface area (Å²) in [6.07, 6.45) is -0.0299. The molecular formula is C14H15FN2O3. The zero-order valence-electron chi connectivity index (χ0n) is 11.0. The van der Waals surface area contributed by atoms with Crippen LogP contribution in [0.1, 0.15) is 31.7 Å². The summed E-state index contributed by atoms with van der Waals surface area (Å²) in [7, 11) is 0. The number of aromatic nitrogens is 2. The van der Waals surface area contributed by atoms with Gasteiger partial charge in [0, 0.05) is 6.54 Å². The van der Waals surface area contributed by atoms with Gasteiger partial charge in [0.15, 0.2) is 6.10 Å². The summed E-state index contributed by atoms with van der Waals surface area (Å²) in [6, 6.07) is 4.44. The molecule has 1 aliphatic rings. The summed E-state index contributed by atoms with van der Waals surface area (Å²) in [6.45, 7) is 2.58. The first kappa shape index (κ1) is 13.1. The first-order valence-electron chi connectivity index (χ1n) is 6.64. The van der Waals surface area contributed by atoms with Crippen LogP contribution in [0.25, 0.3) is 11.0 Å². The smallest absolute Gasteiger partial charge is 0.332 e. The Morgan fingerprint density at radius 3 is 3.00 bits per heavy atom. The molecule has 1 saturated heterocycles. The zero-order chi connectivity index (χ0) is 14.3. The predicted octanol–water partition coefficient (Wildman–Crippen LogP) is 2.50. The number of fused-ring (bicyclic) bond motifs is 1. The summed E-state index contributed by atoms with van der Waals surface area (Å²) in [5.41, 5.74) is 1.41. The van der Waals surface area contributed by atoms with E-state index in [0.717, 1.165) is 0 Å². The van der Waals surface area contributed by atoms with E-state index in [9.17, 15) is 9.18 Å². The second kappa shape index (κ2) is 4.86. The molecule has 0 aliphatic carbocycles. The van der Waals surface area contributed by atoms with Crippen LogP contribution in [0, 0.1) is 5.82 Å². The fourth-order valence-electron chi connectivity index (χ4n) is 2.70. The Balaban J connectivity index is 2.01. The fraction of sp³-hybridized carbons (Fsp3) is 0.429. The number of aliphatic carboxylic acids is 1. The maximum absolute atomic E-state index is 13.4. The molecular weight excluding hydrogens is 263 g/mol. The zero-order valence-corrected chi connectivity index (χ0v) is 11.0. The maximum Gasteiger partial charge on any atom is 0.332 e. The summed E-state index contributed by atoms with van der Waals surface area (Å²) in [5, 5.41) is 8.98. The molecule has 1 N–H and O–H groups in total. The third-order valence-corrected chi connectivity index (χ3v) is 3.64. The van der Waals surface area contributed by atoms with Crippen LogP contribution in [0.3, 0.4) is 0 Å². The maximum atomic E-state index is 13.4. The molecule has 6 heteroatoms. The SMILES string of the molecule is CCn1c(C2CCC(C(=O)O)O2)nc2ccc(F)cc21. The summed E-state index contributed by atoms with van der Waals surface area (Å²) < 4.78 is 20.8. The van der Waals surface area contributed by atoms with Crippen molar-refractivity contribution in [1.82, 2.24) is 9.55 Å². The minimum Gasteiger partial charge on any atom is -0.479 e. The van der Waals surface area contributed by atoms with E-state index < -0.39 is 12.1 Å². The molecule has 0 radical (unpaired) electrons. The molecule has 0 saturated carbocycles. The van der Waals surface area contributed by atoms with Crippen LogP contribution in [0.5, 0.6) is 0 Å². The summed E-state index contributed by atoms with van der Waals surface area (Å²) >= 11 is 0. The lowest BCUT2D eigenvalue weighted by Crippen LogP contribution is -2.19. The van der Waals surface area contributed by atoms with Gasteiger partial charge in [-0.2, -0.15) is 0 Å². The van der Waals surface area contributed by atoms with Crippen molar-refractivity contribution in [2.75, 3.05) is 0 Å². The monoisotopic (exact) mass is 278 g/mol. The quantitative estimate of drug-likeness (QED) is 0.937. The van der Waals surface area contributed by atoms with Crippen molar-refractivity contribution >= 4 is 17.0 Å². The Morgan fingerprint density at radius 2 is 2.35 bits per heavy atom. The van der Waals surface area contributed by atoms with Crippen molar-refractivity contribution in [3.63, 3.8) is 0 Å². The van der Waals surface area contributed by atoms with Crippen LogP contribution in [-0.2, 0) is 16.1 Å². The van der Waals surface area contributed by atoms with Crippen LogP contribution in [0.4, 0.5) is 4.39 Å². The van der Waals surface area contributed by atoms with E-state index in [1.165, 1.54) is 12.1 Å². The molecule has 0 amide bonds. The minimum absolute atomic E-state index is 0.311. The summed E-state index contributed by atoms with van der Waals surface area (Å²) in [4.78, 5) is 15.4. The van der Waals surface area contributed by atoms with E-state index in [1.807, 2.05) is 11.5 Å². The first-order chi connectivity index (χ1) is 9.60. The highest BCUT2D eigenvalue weighted by molar-refractivity contribution is 5.76. The van der Waals surface area contributed by atoms with Gasteiger partial charge in [-0.25, -0.2) is 14.2 Å². The number of carbonyl (C=O) groups is 1. The van der Waals surface area contributed by atoms with Gasteiger partial charge < -0.3 is 14.4 Å². The van der Waals surface area contributed by atoms with Crippen LogP contribution in [0.2, 0.25) is 0 Å². The van der Waals surface area contributed by atoms with Gasteiger partial charge in [-0.05, 0) is 38.0 Å². The van der Waals surface area contributed by atoms with E-state index >= 15 is 0 Å². The largest absolute Gasteiger partial charge is 0.479 e. The molecule has 3 rings (SSSR count). The van der Waals surface area contributed by atoms with Crippen molar-refractivity contribution in [1.29, 1.82) is 0 Å². The number of carboxylic acid groups (broad SMARTS) is 1. The molecule has 1 fully saturated rings. The lowest BCUT2D eigenvalue weighted by atomic mass is 10.2. The van der Waals surface area contributed by atoms with Gasteiger partial charge >= 0.3 is 5.97 Å². The average Bonchev–Trinajstić information content (AvgIpc) is 3.01. The normalized spacial score (nSPS) is 22.5. The molecule has 0 bridgehead atoms. The molecule has 106 valence electrons. The topological polar surface area (TPSA) is 64.4 Å². The fourth-order valence-corrected chi connectivity index (χ4v) is 2.70. The second-order valence-corrected chi connectivity index (χ2v) is 4.88. The number of imidazole rings is 1. The van der Waals surface area contributed by atoms with Crippen LogP contribution in [-0.4, -0.2) is 26.7 Å². The average molecular weight is 278 g/mol. The molecule has 2 atom stereocenters. The van der Waals surface area contributed by atoms with Crippen molar-refractivity contribution < 1.29 is 19.0 Å². The van der Waals surface area contributed by atoms with Crippen LogP contribution in [0.15, 0.2) is 18.2 Å². The number of hydrogen-bond donors (Lipinski definition) is 1. The number of rotatable bonds is 3. The Morgan fingerprint density at radius 1 is 1.55 bits per heavy atom. The van der Waals surface area contributed by atoms with Crippen LogP contribution >= 0.6 is 0 Å². The molecule has 1 aromatic carbocycles. The number of aryl methyl sites for hydroxylation is 1. The number of carboxylic acids is 1. The molecule has 5 nitrogen and oxygen atoms in total. The van der Waals surface area contributed by atoms with Crippen molar-refractivity contribution in [3.05, 3.63) is 29.8 Å². The lowest BCUT2D eigenvalue weighted by Gasteiger charge is -2.12. The predicted molar refractivity (Wildman–Crippen MR) is 69.8 cm³/mol. The first-order valence-corrected chi connectivity index (χ1v) is 6.64. The number of ether oxygens (including phenoxy) is 1. The van der Waals surface area contributed by atoms with E-state index in [0.29, 0.717) is 36.2 Å². The molecule has 20 heavy (non-hydrogen) atoms. The van der Waals surface area contributed by atoms with E-state index in [1.54, 1.807) is 6.07 Å². The van der Waals surface area contributed by atoms with Gasteiger partial charge in [0.2, 0.25) is 0 Å². The number of halogens is 1. The minimum atomic E-state index is -0.947. The Labute approximate surface area is 115 Å². The molecule has 2 unspecified atom stereocenters. The molecule has 0 spiro atoms. The van der Waals surface area contributed by atoms with E-state index in [2.05, 4.69) is 4.98 Å². The third kappa shape index (κ3) is 2.06. The van der Waals surface area contributed by atoms with Gasteiger partial charge in [-0.15, -0.1) is 0 Å². The third-order valence-electron chi connectivity index (χ3n) is 3.64. The highest BCUT2D eigenvalue weighted by Crippen LogP contribution is 2.34. The molecule has 2 aromatic rings. The highest BCUT2D eigenvalue weighted by atomic mass is 19.1. The number of hydrogen-bond acceptors (Lipinski definition) is 3. The van der Waals surface area contributed by atoms with Crippen molar-refractivity contribution in [3.8, 4) is 0 Å². The van der Waals surface area contributed by atoms with Crippen molar-refractivity contribution in [2.24, 2.45) is 0 Å². The Bertz CT molecular complexity index is 668. The Hall–Kier alpha value is -1.95. The molecule has 2 heterocycles. The lowest BCUT2D eigenvalue weighted by molar-refractivity contribution is -0.149. The molecule has 1 aromatic heterocycles. The van der Waals surface area contributed by atoms with E-state index in [-0.39, 0.29) is 11.9 Å². The van der Waals surface area contributed by atoms with Crippen LogP contribution < -0.4 is 0 Å². The number of nitrogens with zero attached hydrogens (tertiary/aromatic N) is 2. The van der Waals surface area contributed by atoms with Gasteiger partial charge in [0.1, 0.15) is 17.7 Å². The van der Waals surface area contributed by atoms with Gasteiger partial charge in [-0.3, -0.25) is 0 Å². The van der Waals surface area contributed by atoms with E-state index in [4.69, 9.17) is 9.84 Å². The highest BCUT2D eigenvalue weighted by Gasteiger charge is 2.34. The van der Waals surface area contributed by atoms with Gasteiger partial charge in [0.05, 0.1) is 11.0 Å². The summed E-state index contributed by atoms with van der Waals surface area (Å²) in [5.74, 6) is -0.580. The number of benzene rings is 1. The van der Waals surface area contributed by atoms with Crippen molar-refractivity contribution in [2.45, 2.75) is 38.5 Å². The van der Waals surface area contributed by atoms with Gasteiger partial charge in [-0.1, -0.05) is 0 Å². The Kier molecular flexibility index (Phi) is 3.17. The second-order valence-electron chi connectivity index (χ2n) is 4.88.